The second-order valence-electron chi connectivity index (χ2n) is 6.03. The highest BCUT2D eigenvalue weighted by Gasteiger charge is 2.38. The van der Waals surface area contributed by atoms with Gasteiger partial charge in [-0.2, -0.15) is 0 Å². The molecule has 0 spiro atoms. The topological polar surface area (TPSA) is 55.1 Å². The molecular formula is C17H25ClN2O. The molecule has 1 aliphatic rings. The highest BCUT2D eigenvalue weighted by Crippen LogP contribution is 2.36. The summed E-state index contributed by atoms with van der Waals surface area (Å²) in [4.78, 5) is 12.8. The molecular weight excluding hydrogens is 284 g/mol. The van der Waals surface area contributed by atoms with Gasteiger partial charge in [0.2, 0.25) is 5.91 Å². The maximum absolute atomic E-state index is 12.8. The quantitative estimate of drug-likeness (QED) is 0.869. The molecule has 1 fully saturated rings. The third-order valence-electron chi connectivity index (χ3n) is 4.65. The van der Waals surface area contributed by atoms with E-state index in [2.05, 4.69) is 12.2 Å². The normalized spacial score (nSPS) is 19.0. The summed E-state index contributed by atoms with van der Waals surface area (Å²) in [6, 6.07) is 7.71. The van der Waals surface area contributed by atoms with Crippen molar-refractivity contribution in [1.29, 1.82) is 0 Å². The number of rotatable bonds is 5. The van der Waals surface area contributed by atoms with Crippen molar-refractivity contribution in [3.05, 3.63) is 34.9 Å². The van der Waals surface area contributed by atoms with Crippen LogP contribution in [0.1, 0.15) is 57.1 Å². The zero-order chi connectivity index (χ0) is 15.3. The Kier molecular flexibility index (Phi) is 5.65. The molecule has 116 valence electrons. The van der Waals surface area contributed by atoms with Gasteiger partial charge in [0.15, 0.2) is 0 Å². The van der Waals surface area contributed by atoms with Crippen LogP contribution in [0.15, 0.2) is 24.3 Å². The molecule has 0 bridgehead atoms. The van der Waals surface area contributed by atoms with Gasteiger partial charge in [-0.25, -0.2) is 0 Å². The second kappa shape index (κ2) is 7.28. The van der Waals surface area contributed by atoms with Gasteiger partial charge in [0.25, 0.3) is 0 Å². The Hall–Kier alpha value is -1.06. The molecule has 4 heteroatoms. The Labute approximate surface area is 132 Å². The molecule has 3 N–H and O–H groups in total. The summed E-state index contributed by atoms with van der Waals surface area (Å²) in [5.74, 6) is 0.108. The molecule has 2 rings (SSSR count). The first-order chi connectivity index (χ1) is 10.1. The number of amides is 1. The number of benzene rings is 1. The maximum Gasteiger partial charge on any atom is 0.227 e. The molecule has 0 saturated heterocycles. The third kappa shape index (κ3) is 3.78. The van der Waals surface area contributed by atoms with Gasteiger partial charge in [-0.05, 0) is 37.0 Å². The predicted molar refractivity (Wildman–Crippen MR) is 87.2 cm³/mol. The molecule has 1 saturated carbocycles. The molecule has 1 aromatic rings. The Balaban J connectivity index is 2.12. The van der Waals surface area contributed by atoms with E-state index < -0.39 is 0 Å². The van der Waals surface area contributed by atoms with E-state index in [1.807, 2.05) is 24.3 Å². The van der Waals surface area contributed by atoms with E-state index in [9.17, 15) is 4.79 Å². The lowest BCUT2D eigenvalue weighted by molar-refractivity contribution is -0.133. The zero-order valence-corrected chi connectivity index (χ0v) is 13.5. The van der Waals surface area contributed by atoms with Gasteiger partial charge in [-0.1, -0.05) is 49.9 Å². The number of nitrogens with two attached hydrogens (primary N) is 1. The summed E-state index contributed by atoms with van der Waals surface area (Å²) < 4.78 is 0. The summed E-state index contributed by atoms with van der Waals surface area (Å²) in [5.41, 5.74) is 6.62. The van der Waals surface area contributed by atoms with E-state index in [1.54, 1.807) is 0 Å². The molecule has 21 heavy (non-hydrogen) atoms. The average Bonchev–Trinajstić information content (AvgIpc) is 2.53. The van der Waals surface area contributed by atoms with E-state index in [1.165, 1.54) is 6.42 Å². The summed E-state index contributed by atoms with van der Waals surface area (Å²) in [6.07, 6.45) is 6.05. The molecule has 1 unspecified atom stereocenters. The molecule has 1 aliphatic carbocycles. The van der Waals surface area contributed by atoms with E-state index in [0.717, 1.165) is 37.7 Å². The van der Waals surface area contributed by atoms with E-state index >= 15 is 0 Å². The molecule has 3 nitrogen and oxygen atoms in total. The van der Waals surface area contributed by atoms with Crippen LogP contribution >= 0.6 is 11.6 Å². The summed E-state index contributed by atoms with van der Waals surface area (Å²) in [5, 5.41) is 3.89. The van der Waals surface area contributed by atoms with Crippen molar-refractivity contribution in [2.24, 2.45) is 11.1 Å². The number of carbonyl (C=O) groups is 1. The highest BCUT2D eigenvalue weighted by atomic mass is 35.5. The molecule has 0 aromatic heterocycles. The number of halogens is 1. The van der Waals surface area contributed by atoms with Crippen LogP contribution in [-0.4, -0.2) is 12.5 Å². The van der Waals surface area contributed by atoms with Crippen LogP contribution in [0.4, 0.5) is 0 Å². The fraction of sp³-hybridized carbons (Fsp3) is 0.588. The molecule has 0 radical (unpaired) electrons. The largest absolute Gasteiger partial charge is 0.349 e. The van der Waals surface area contributed by atoms with Crippen LogP contribution in [0.25, 0.3) is 0 Å². The Morgan fingerprint density at radius 2 is 2.10 bits per heavy atom. The number of carbonyl (C=O) groups excluding carboxylic acids is 1. The second-order valence-corrected chi connectivity index (χ2v) is 6.47. The van der Waals surface area contributed by atoms with Crippen molar-refractivity contribution in [3.8, 4) is 0 Å². The van der Waals surface area contributed by atoms with Gasteiger partial charge in [0.1, 0.15) is 0 Å². The Bertz CT molecular complexity index is 483. The first-order valence-corrected chi connectivity index (χ1v) is 8.25. The SMILES string of the molecule is CCC(NC(=O)C1(CN)CCCCC1)c1cccc(Cl)c1. The van der Waals surface area contributed by atoms with E-state index in [-0.39, 0.29) is 17.4 Å². The Morgan fingerprint density at radius 1 is 1.38 bits per heavy atom. The van der Waals surface area contributed by atoms with Gasteiger partial charge in [0, 0.05) is 11.6 Å². The van der Waals surface area contributed by atoms with Crippen LogP contribution < -0.4 is 11.1 Å². The van der Waals surface area contributed by atoms with Crippen molar-refractivity contribution in [1.82, 2.24) is 5.32 Å². The summed E-state index contributed by atoms with van der Waals surface area (Å²) in [6.45, 7) is 2.51. The standard InChI is InChI=1S/C17H25ClN2O/c1-2-15(13-7-6-8-14(18)11-13)20-16(21)17(12-19)9-4-3-5-10-17/h6-8,11,15H,2-5,9-10,12,19H2,1H3,(H,20,21). The monoisotopic (exact) mass is 308 g/mol. The number of nitrogens with one attached hydrogen (secondary N) is 1. The van der Waals surface area contributed by atoms with Crippen molar-refractivity contribution in [3.63, 3.8) is 0 Å². The number of hydrogen-bond donors (Lipinski definition) is 2. The minimum atomic E-state index is -0.371. The van der Waals surface area contributed by atoms with E-state index in [0.29, 0.717) is 11.6 Å². The van der Waals surface area contributed by atoms with Crippen LogP contribution in [0.2, 0.25) is 5.02 Å². The fourth-order valence-electron chi connectivity index (χ4n) is 3.21. The third-order valence-corrected chi connectivity index (χ3v) is 4.88. The molecule has 1 atom stereocenters. The molecule has 0 heterocycles. The smallest absolute Gasteiger partial charge is 0.227 e. The lowest BCUT2D eigenvalue weighted by Gasteiger charge is -2.36. The highest BCUT2D eigenvalue weighted by molar-refractivity contribution is 6.30. The zero-order valence-electron chi connectivity index (χ0n) is 12.7. The van der Waals surface area contributed by atoms with Crippen molar-refractivity contribution < 1.29 is 4.79 Å². The molecule has 1 amide bonds. The van der Waals surface area contributed by atoms with Gasteiger partial charge in [-0.3, -0.25) is 4.79 Å². The number of hydrogen-bond acceptors (Lipinski definition) is 2. The van der Waals surface area contributed by atoms with Crippen LogP contribution in [-0.2, 0) is 4.79 Å². The van der Waals surface area contributed by atoms with Crippen LogP contribution in [0.3, 0.4) is 0 Å². The first kappa shape index (κ1) is 16.3. The van der Waals surface area contributed by atoms with Crippen LogP contribution in [0, 0.1) is 5.41 Å². The fourth-order valence-corrected chi connectivity index (χ4v) is 3.41. The predicted octanol–water partition coefficient (Wildman–Crippen LogP) is 3.82. The lowest BCUT2D eigenvalue weighted by atomic mass is 9.73. The van der Waals surface area contributed by atoms with Gasteiger partial charge >= 0.3 is 0 Å². The van der Waals surface area contributed by atoms with Crippen molar-refractivity contribution >= 4 is 17.5 Å². The maximum atomic E-state index is 12.8. The van der Waals surface area contributed by atoms with Crippen LogP contribution in [0.5, 0.6) is 0 Å². The lowest BCUT2D eigenvalue weighted by Crippen LogP contribution is -2.48. The van der Waals surface area contributed by atoms with E-state index in [4.69, 9.17) is 17.3 Å². The van der Waals surface area contributed by atoms with Gasteiger partial charge < -0.3 is 11.1 Å². The van der Waals surface area contributed by atoms with Crippen molar-refractivity contribution in [2.75, 3.05) is 6.54 Å². The van der Waals surface area contributed by atoms with Gasteiger partial charge in [0.05, 0.1) is 11.5 Å². The average molecular weight is 309 g/mol. The van der Waals surface area contributed by atoms with Gasteiger partial charge in [-0.15, -0.1) is 0 Å². The van der Waals surface area contributed by atoms with Crippen molar-refractivity contribution in [2.45, 2.75) is 51.5 Å². The Morgan fingerprint density at radius 3 is 2.67 bits per heavy atom. The minimum absolute atomic E-state index is 0.00144. The molecule has 0 aliphatic heterocycles. The summed E-state index contributed by atoms with van der Waals surface area (Å²) in [7, 11) is 0. The minimum Gasteiger partial charge on any atom is -0.349 e. The first-order valence-electron chi connectivity index (χ1n) is 7.88. The molecule has 1 aromatic carbocycles. The summed E-state index contributed by atoms with van der Waals surface area (Å²) >= 11 is 6.05.